The van der Waals surface area contributed by atoms with Crippen LogP contribution in [0.1, 0.15) is 12.0 Å². The van der Waals surface area contributed by atoms with Crippen molar-refractivity contribution >= 4 is 33.0 Å². The first-order chi connectivity index (χ1) is 15.4. The third-order valence-electron chi connectivity index (χ3n) is 5.37. The highest BCUT2D eigenvalue weighted by Gasteiger charge is 2.31. The van der Waals surface area contributed by atoms with E-state index in [1.54, 1.807) is 23.1 Å². The van der Waals surface area contributed by atoms with Gasteiger partial charge < -0.3 is 4.90 Å². The average Bonchev–Trinajstić information content (AvgIpc) is 2.82. The number of sulfonamides is 1. The first kappa shape index (κ1) is 21.5. The monoisotopic (exact) mass is 451 g/mol. The van der Waals surface area contributed by atoms with Crippen molar-refractivity contribution in [2.24, 2.45) is 0 Å². The Morgan fingerprint density at radius 1 is 0.969 bits per heavy atom. The Labute approximate surface area is 185 Å². The van der Waals surface area contributed by atoms with Gasteiger partial charge in [0.2, 0.25) is 5.91 Å². The third kappa shape index (κ3) is 4.19. The van der Waals surface area contributed by atoms with Gasteiger partial charge in [-0.25, -0.2) is 8.42 Å². The van der Waals surface area contributed by atoms with E-state index in [2.05, 4.69) is 0 Å². The summed E-state index contributed by atoms with van der Waals surface area (Å²) in [5.74, 6) is -0.366. The van der Waals surface area contributed by atoms with Crippen molar-refractivity contribution in [3.8, 4) is 0 Å². The van der Waals surface area contributed by atoms with Crippen LogP contribution < -0.4 is 9.21 Å². The van der Waals surface area contributed by atoms with Gasteiger partial charge in [0.25, 0.3) is 15.7 Å². The molecule has 32 heavy (non-hydrogen) atoms. The molecule has 9 heteroatoms. The number of rotatable bonds is 6. The van der Waals surface area contributed by atoms with E-state index >= 15 is 0 Å². The molecule has 0 N–H and O–H groups in total. The molecule has 0 fully saturated rings. The summed E-state index contributed by atoms with van der Waals surface area (Å²) in [5, 5.41) is 11.0. The summed E-state index contributed by atoms with van der Waals surface area (Å²) in [7, 11) is -4.08. The summed E-state index contributed by atoms with van der Waals surface area (Å²) in [6.45, 7) is 0.0682. The smallest absolute Gasteiger partial charge is 0.269 e. The lowest BCUT2D eigenvalue weighted by molar-refractivity contribution is -0.384. The Morgan fingerprint density at radius 3 is 2.31 bits per heavy atom. The molecule has 1 heterocycles. The van der Waals surface area contributed by atoms with Crippen LogP contribution in [0.4, 0.5) is 17.1 Å². The highest BCUT2D eigenvalue weighted by Crippen LogP contribution is 2.29. The maximum absolute atomic E-state index is 13.4. The summed E-state index contributed by atoms with van der Waals surface area (Å²) in [6, 6.07) is 20.5. The van der Waals surface area contributed by atoms with E-state index in [1.807, 2.05) is 24.3 Å². The van der Waals surface area contributed by atoms with Crippen LogP contribution in [0.2, 0.25) is 0 Å². The molecule has 0 saturated heterocycles. The maximum Gasteiger partial charge on any atom is 0.269 e. The van der Waals surface area contributed by atoms with Gasteiger partial charge in [-0.2, -0.15) is 0 Å². The van der Waals surface area contributed by atoms with Gasteiger partial charge in [-0.05, 0) is 48.7 Å². The molecule has 1 aliphatic rings. The molecule has 1 amide bonds. The highest BCUT2D eigenvalue weighted by molar-refractivity contribution is 7.92. The predicted molar refractivity (Wildman–Crippen MR) is 121 cm³/mol. The number of nitro benzene ring substituents is 1. The molecule has 8 nitrogen and oxygen atoms in total. The molecule has 0 aromatic heterocycles. The van der Waals surface area contributed by atoms with Gasteiger partial charge in [-0.15, -0.1) is 0 Å². The summed E-state index contributed by atoms with van der Waals surface area (Å²) < 4.78 is 27.9. The Morgan fingerprint density at radius 2 is 1.62 bits per heavy atom. The Kier molecular flexibility index (Phi) is 5.91. The van der Waals surface area contributed by atoms with Crippen LogP contribution >= 0.6 is 0 Å². The number of nitro groups is 1. The molecule has 0 radical (unpaired) electrons. The van der Waals surface area contributed by atoms with Crippen LogP contribution in [0, 0.1) is 10.1 Å². The number of para-hydroxylation sites is 1. The second-order valence-electron chi connectivity index (χ2n) is 7.38. The van der Waals surface area contributed by atoms with E-state index < -0.39 is 21.5 Å². The van der Waals surface area contributed by atoms with Crippen molar-refractivity contribution in [3.63, 3.8) is 0 Å². The van der Waals surface area contributed by atoms with Gasteiger partial charge in [0, 0.05) is 24.4 Å². The fourth-order valence-corrected chi connectivity index (χ4v) is 5.21. The molecule has 0 saturated carbocycles. The molecule has 0 unspecified atom stereocenters. The number of non-ortho nitro benzene ring substituents is 1. The molecule has 0 atom stereocenters. The SMILES string of the molecule is O=C(CN(c1ccc([N+](=O)[O-])cc1)S(=O)(=O)c1ccccc1)N1CCCc2ccccc21. The highest BCUT2D eigenvalue weighted by atomic mass is 32.2. The minimum atomic E-state index is -4.08. The normalized spacial score (nSPS) is 13.3. The van der Waals surface area contributed by atoms with Gasteiger partial charge >= 0.3 is 0 Å². The average molecular weight is 452 g/mol. The molecule has 164 valence electrons. The van der Waals surface area contributed by atoms with E-state index in [0.717, 1.165) is 28.4 Å². The number of anilines is 2. The Bertz CT molecular complexity index is 1240. The van der Waals surface area contributed by atoms with Crippen molar-refractivity contribution in [3.05, 3.63) is 94.5 Å². The van der Waals surface area contributed by atoms with Crippen molar-refractivity contribution in [1.29, 1.82) is 0 Å². The minimum Gasteiger partial charge on any atom is -0.311 e. The van der Waals surface area contributed by atoms with Gasteiger partial charge in [-0.1, -0.05) is 36.4 Å². The van der Waals surface area contributed by atoms with Crippen molar-refractivity contribution < 1.29 is 18.1 Å². The van der Waals surface area contributed by atoms with E-state index in [1.165, 1.54) is 36.4 Å². The van der Waals surface area contributed by atoms with Crippen LogP contribution in [0.5, 0.6) is 0 Å². The fraction of sp³-hybridized carbons (Fsp3) is 0.174. The molecule has 1 aliphatic heterocycles. The summed E-state index contributed by atoms with van der Waals surface area (Å²) in [5.41, 5.74) is 1.84. The number of nitrogens with zero attached hydrogens (tertiary/aromatic N) is 3. The quantitative estimate of drug-likeness (QED) is 0.419. The molecule has 0 spiro atoms. The summed E-state index contributed by atoms with van der Waals surface area (Å²) >= 11 is 0. The van der Waals surface area contributed by atoms with E-state index in [-0.39, 0.29) is 22.2 Å². The van der Waals surface area contributed by atoms with E-state index in [9.17, 15) is 23.3 Å². The van der Waals surface area contributed by atoms with Gasteiger partial charge in [-0.3, -0.25) is 19.2 Å². The fourth-order valence-electron chi connectivity index (χ4n) is 3.78. The van der Waals surface area contributed by atoms with E-state index in [0.29, 0.717) is 6.54 Å². The molecule has 3 aromatic carbocycles. The lowest BCUT2D eigenvalue weighted by Gasteiger charge is -2.32. The number of carbonyl (C=O) groups is 1. The van der Waals surface area contributed by atoms with Gasteiger partial charge in [0.05, 0.1) is 15.5 Å². The zero-order valence-electron chi connectivity index (χ0n) is 17.1. The number of fused-ring (bicyclic) bond motifs is 1. The second kappa shape index (κ2) is 8.80. The zero-order chi connectivity index (χ0) is 22.7. The number of aryl methyl sites for hydroxylation is 1. The third-order valence-corrected chi connectivity index (χ3v) is 7.16. The van der Waals surface area contributed by atoms with Gasteiger partial charge in [0.1, 0.15) is 6.54 Å². The van der Waals surface area contributed by atoms with Gasteiger partial charge in [0.15, 0.2) is 0 Å². The molecular formula is C23H21N3O5S. The van der Waals surface area contributed by atoms with Crippen molar-refractivity contribution in [2.45, 2.75) is 17.7 Å². The molecular weight excluding hydrogens is 430 g/mol. The zero-order valence-corrected chi connectivity index (χ0v) is 17.9. The number of carbonyl (C=O) groups excluding carboxylic acids is 1. The van der Waals surface area contributed by atoms with Crippen LogP contribution in [0.15, 0.2) is 83.8 Å². The minimum absolute atomic E-state index is 0.0326. The van der Waals surface area contributed by atoms with Crippen LogP contribution in [-0.4, -0.2) is 32.3 Å². The summed E-state index contributed by atoms with van der Waals surface area (Å²) in [4.78, 5) is 25.4. The second-order valence-corrected chi connectivity index (χ2v) is 9.24. The molecule has 0 bridgehead atoms. The lowest BCUT2D eigenvalue weighted by Crippen LogP contribution is -2.45. The topological polar surface area (TPSA) is 101 Å². The van der Waals surface area contributed by atoms with Crippen LogP contribution in [0.25, 0.3) is 0 Å². The van der Waals surface area contributed by atoms with Crippen molar-refractivity contribution in [2.75, 3.05) is 22.3 Å². The standard InChI is InChI=1S/C23H21N3O5S/c27-23(24-16-6-8-18-7-4-5-11-22(18)24)17-25(19-12-14-20(15-13-19)26(28)29)32(30,31)21-9-2-1-3-10-21/h1-5,7,9-15H,6,8,16-17H2. The Hall–Kier alpha value is -3.72. The van der Waals surface area contributed by atoms with Crippen LogP contribution in [0.3, 0.4) is 0 Å². The summed E-state index contributed by atoms with van der Waals surface area (Å²) in [6.07, 6.45) is 1.64. The van der Waals surface area contributed by atoms with Crippen molar-refractivity contribution in [1.82, 2.24) is 0 Å². The van der Waals surface area contributed by atoms with E-state index in [4.69, 9.17) is 0 Å². The van der Waals surface area contributed by atoms with Crippen LogP contribution in [-0.2, 0) is 21.2 Å². The molecule has 3 aromatic rings. The first-order valence-corrected chi connectivity index (χ1v) is 11.5. The number of amides is 1. The number of hydrogen-bond donors (Lipinski definition) is 0. The maximum atomic E-state index is 13.4. The molecule has 4 rings (SSSR count). The Balaban J connectivity index is 1.72. The lowest BCUT2D eigenvalue weighted by atomic mass is 10.0. The largest absolute Gasteiger partial charge is 0.311 e. The number of benzene rings is 3. The number of hydrogen-bond acceptors (Lipinski definition) is 5. The first-order valence-electron chi connectivity index (χ1n) is 10.1. The molecule has 0 aliphatic carbocycles. The predicted octanol–water partition coefficient (Wildman–Crippen LogP) is 3.77.